The molecule has 1 aromatic heterocycles. The van der Waals surface area contributed by atoms with Crippen LogP contribution < -0.4 is 4.74 Å². The minimum absolute atomic E-state index is 0.0889. The van der Waals surface area contributed by atoms with Crippen LogP contribution in [0.1, 0.15) is 25.7 Å². The summed E-state index contributed by atoms with van der Waals surface area (Å²) in [4.78, 5) is 14.4. The van der Waals surface area contributed by atoms with Gasteiger partial charge in [0.15, 0.2) is 0 Å². The van der Waals surface area contributed by atoms with Gasteiger partial charge in [-0.05, 0) is 31.4 Å². The van der Waals surface area contributed by atoms with Crippen molar-refractivity contribution >= 4 is 5.69 Å². The molecule has 6 heteroatoms. The quantitative estimate of drug-likeness (QED) is 0.626. The SMILES string of the molecule is O=[N+]([O-])c1ccc(O[C@H]2CCCC[C@@H]2Cn2ccnc2)cc1. The molecule has 0 saturated heterocycles. The van der Waals surface area contributed by atoms with E-state index in [9.17, 15) is 10.1 Å². The van der Waals surface area contributed by atoms with E-state index in [4.69, 9.17) is 4.74 Å². The lowest BCUT2D eigenvalue weighted by atomic mass is 9.86. The Morgan fingerprint density at radius 1 is 1.27 bits per heavy atom. The normalized spacial score (nSPS) is 21.5. The lowest BCUT2D eigenvalue weighted by Crippen LogP contribution is -2.33. The van der Waals surface area contributed by atoms with Gasteiger partial charge < -0.3 is 9.30 Å². The van der Waals surface area contributed by atoms with Crippen LogP contribution in [0.5, 0.6) is 5.75 Å². The molecule has 116 valence electrons. The number of hydrogen-bond donors (Lipinski definition) is 0. The van der Waals surface area contributed by atoms with Gasteiger partial charge >= 0.3 is 0 Å². The Kier molecular flexibility index (Phi) is 4.37. The van der Waals surface area contributed by atoms with E-state index in [2.05, 4.69) is 9.55 Å². The summed E-state index contributed by atoms with van der Waals surface area (Å²) in [5.74, 6) is 1.14. The van der Waals surface area contributed by atoms with Crippen LogP contribution in [-0.2, 0) is 6.54 Å². The second-order valence-corrected chi connectivity index (χ2v) is 5.71. The highest BCUT2D eigenvalue weighted by Crippen LogP contribution is 2.30. The van der Waals surface area contributed by atoms with Crippen LogP contribution in [0.4, 0.5) is 5.69 Å². The van der Waals surface area contributed by atoms with Gasteiger partial charge in [0, 0.05) is 37.0 Å². The molecule has 6 nitrogen and oxygen atoms in total. The van der Waals surface area contributed by atoms with Gasteiger partial charge in [-0.1, -0.05) is 6.42 Å². The van der Waals surface area contributed by atoms with Gasteiger partial charge in [-0.25, -0.2) is 4.98 Å². The van der Waals surface area contributed by atoms with Crippen molar-refractivity contribution in [2.45, 2.75) is 38.3 Å². The Morgan fingerprint density at radius 3 is 2.73 bits per heavy atom. The molecule has 1 heterocycles. The topological polar surface area (TPSA) is 70.2 Å². The fourth-order valence-corrected chi connectivity index (χ4v) is 3.02. The molecule has 1 fully saturated rings. The summed E-state index contributed by atoms with van der Waals surface area (Å²) < 4.78 is 8.18. The zero-order valence-corrected chi connectivity index (χ0v) is 12.3. The lowest BCUT2D eigenvalue weighted by molar-refractivity contribution is -0.384. The number of aromatic nitrogens is 2. The first kappa shape index (κ1) is 14.6. The van der Waals surface area contributed by atoms with Crippen LogP contribution in [-0.4, -0.2) is 20.6 Å². The fourth-order valence-electron chi connectivity index (χ4n) is 3.02. The van der Waals surface area contributed by atoms with Crippen molar-refractivity contribution in [2.24, 2.45) is 5.92 Å². The van der Waals surface area contributed by atoms with Crippen molar-refractivity contribution in [3.8, 4) is 5.75 Å². The lowest BCUT2D eigenvalue weighted by Gasteiger charge is -2.32. The molecule has 1 aliphatic carbocycles. The third-order valence-electron chi connectivity index (χ3n) is 4.18. The molecule has 0 radical (unpaired) electrons. The molecule has 0 spiro atoms. The van der Waals surface area contributed by atoms with E-state index in [1.165, 1.54) is 18.6 Å². The van der Waals surface area contributed by atoms with Gasteiger partial charge in [0.1, 0.15) is 11.9 Å². The molecular formula is C16H19N3O3. The Balaban J connectivity index is 1.66. The molecular weight excluding hydrogens is 282 g/mol. The molecule has 0 bridgehead atoms. The van der Waals surface area contributed by atoms with Crippen LogP contribution in [0.25, 0.3) is 0 Å². The molecule has 0 unspecified atom stereocenters. The Labute approximate surface area is 128 Å². The van der Waals surface area contributed by atoms with Crippen LogP contribution in [0.3, 0.4) is 0 Å². The Bertz CT molecular complexity index is 610. The summed E-state index contributed by atoms with van der Waals surface area (Å²) in [5, 5.41) is 10.7. The van der Waals surface area contributed by atoms with Gasteiger partial charge in [-0.2, -0.15) is 0 Å². The summed E-state index contributed by atoms with van der Waals surface area (Å²) in [6, 6.07) is 6.34. The largest absolute Gasteiger partial charge is 0.490 e. The zero-order valence-electron chi connectivity index (χ0n) is 12.3. The van der Waals surface area contributed by atoms with Gasteiger partial charge in [0.05, 0.1) is 11.3 Å². The number of nitro benzene ring substituents is 1. The second-order valence-electron chi connectivity index (χ2n) is 5.71. The molecule has 2 aromatic rings. The summed E-state index contributed by atoms with van der Waals surface area (Å²) in [6.45, 7) is 0.900. The van der Waals surface area contributed by atoms with E-state index in [0.717, 1.165) is 25.8 Å². The molecule has 0 aliphatic heterocycles. The molecule has 22 heavy (non-hydrogen) atoms. The predicted molar refractivity (Wildman–Crippen MR) is 81.7 cm³/mol. The monoisotopic (exact) mass is 301 g/mol. The van der Waals surface area contributed by atoms with Crippen LogP contribution in [0.2, 0.25) is 0 Å². The maximum absolute atomic E-state index is 10.7. The van der Waals surface area contributed by atoms with Crippen LogP contribution in [0.15, 0.2) is 43.0 Å². The van der Waals surface area contributed by atoms with Crippen molar-refractivity contribution in [1.82, 2.24) is 9.55 Å². The maximum Gasteiger partial charge on any atom is 0.269 e. The van der Waals surface area contributed by atoms with Crippen LogP contribution >= 0.6 is 0 Å². The van der Waals surface area contributed by atoms with Gasteiger partial charge in [0.25, 0.3) is 5.69 Å². The zero-order chi connectivity index (χ0) is 15.4. The van der Waals surface area contributed by atoms with E-state index in [-0.39, 0.29) is 11.8 Å². The van der Waals surface area contributed by atoms with Crippen molar-refractivity contribution in [2.75, 3.05) is 0 Å². The second kappa shape index (κ2) is 6.60. The highest BCUT2D eigenvalue weighted by Gasteiger charge is 2.27. The highest BCUT2D eigenvalue weighted by atomic mass is 16.6. The van der Waals surface area contributed by atoms with E-state index < -0.39 is 4.92 Å². The Hall–Kier alpha value is -2.37. The summed E-state index contributed by atoms with van der Waals surface area (Å²) in [5.41, 5.74) is 0.0889. The molecule has 0 N–H and O–H groups in total. The van der Waals surface area contributed by atoms with Crippen molar-refractivity contribution < 1.29 is 9.66 Å². The average Bonchev–Trinajstić information content (AvgIpc) is 3.03. The number of ether oxygens (including phenoxy) is 1. The fraction of sp³-hybridized carbons (Fsp3) is 0.438. The summed E-state index contributed by atoms with van der Waals surface area (Å²) in [6.07, 6.45) is 10.3. The molecule has 2 atom stereocenters. The minimum Gasteiger partial charge on any atom is -0.490 e. The standard InChI is InChI=1S/C16H19N3O3/c20-19(21)14-5-7-15(8-6-14)22-16-4-2-1-3-13(16)11-18-10-9-17-12-18/h5-10,12-13,16H,1-4,11H2/t13-,16+/m1/s1. The maximum atomic E-state index is 10.7. The average molecular weight is 301 g/mol. The van der Waals surface area contributed by atoms with E-state index in [1.807, 2.05) is 12.5 Å². The van der Waals surface area contributed by atoms with Crippen molar-refractivity contribution in [3.63, 3.8) is 0 Å². The van der Waals surface area contributed by atoms with Gasteiger partial charge in [0.2, 0.25) is 0 Å². The molecule has 1 aliphatic rings. The Morgan fingerprint density at radius 2 is 2.05 bits per heavy atom. The molecule has 1 saturated carbocycles. The van der Waals surface area contributed by atoms with Crippen LogP contribution in [0, 0.1) is 16.0 Å². The minimum atomic E-state index is -0.397. The van der Waals surface area contributed by atoms with Gasteiger partial charge in [-0.3, -0.25) is 10.1 Å². The van der Waals surface area contributed by atoms with E-state index in [1.54, 1.807) is 18.3 Å². The number of benzene rings is 1. The number of rotatable bonds is 5. The predicted octanol–water partition coefficient (Wildman–Crippen LogP) is 3.43. The third kappa shape index (κ3) is 3.44. The molecule has 1 aromatic carbocycles. The van der Waals surface area contributed by atoms with Crippen molar-refractivity contribution in [1.29, 1.82) is 0 Å². The number of non-ortho nitro benzene ring substituents is 1. The first-order valence-corrected chi connectivity index (χ1v) is 7.59. The smallest absolute Gasteiger partial charge is 0.269 e. The van der Waals surface area contributed by atoms with E-state index >= 15 is 0 Å². The first-order chi connectivity index (χ1) is 10.7. The highest BCUT2D eigenvalue weighted by molar-refractivity contribution is 5.36. The summed E-state index contributed by atoms with van der Waals surface area (Å²) in [7, 11) is 0. The number of hydrogen-bond acceptors (Lipinski definition) is 4. The molecule has 0 amide bonds. The number of nitrogens with zero attached hydrogens (tertiary/aromatic N) is 3. The number of imidazole rings is 1. The number of nitro groups is 1. The first-order valence-electron chi connectivity index (χ1n) is 7.59. The van der Waals surface area contributed by atoms with Crippen molar-refractivity contribution in [3.05, 3.63) is 53.1 Å². The van der Waals surface area contributed by atoms with Gasteiger partial charge in [-0.15, -0.1) is 0 Å². The summed E-state index contributed by atoms with van der Waals surface area (Å²) >= 11 is 0. The van der Waals surface area contributed by atoms with E-state index in [0.29, 0.717) is 11.7 Å². The molecule has 3 rings (SSSR count). The third-order valence-corrected chi connectivity index (χ3v) is 4.18.